The van der Waals surface area contributed by atoms with E-state index in [1.165, 1.54) is 0 Å². The van der Waals surface area contributed by atoms with Gasteiger partial charge in [0, 0.05) is 6.54 Å². The second-order valence-electron chi connectivity index (χ2n) is 4.42. The van der Waals surface area contributed by atoms with Crippen molar-refractivity contribution in [2.24, 2.45) is 5.41 Å². The Morgan fingerprint density at radius 1 is 1.38 bits per heavy atom. The number of hydrogen-bond acceptors (Lipinski definition) is 3. The van der Waals surface area contributed by atoms with Gasteiger partial charge in [-0.1, -0.05) is 20.8 Å². The standard InChI is InChI=1S/C10H20N2O4/c1-4-10(2,3)6-11-9(16)12-7(5-13)8(14)15/h7,13H,4-6H2,1-3H3,(H,14,15)(H2,11,12,16)/t7-/m1/s1. The minimum absolute atomic E-state index is 0.0325. The molecule has 94 valence electrons. The van der Waals surface area contributed by atoms with Crippen molar-refractivity contribution in [3.63, 3.8) is 0 Å². The van der Waals surface area contributed by atoms with E-state index in [2.05, 4.69) is 10.6 Å². The van der Waals surface area contributed by atoms with E-state index < -0.39 is 24.6 Å². The lowest BCUT2D eigenvalue weighted by Crippen LogP contribution is -2.49. The maximum absolute atomic E-state index is 11.3. The van der Waals surface area contributed by atoms with Crippen molar-refractivity contribution in [2.75, 3.05) is 13.2 Å². The summed E-state index contributed by atoms with van der Waals surface area (Å²) in [7, 11) is 0. The Hall–Kier alpha value is -1.30. The van der Waals surface area contributed by atoms with Gasteiger partial charge in [-0.2, -0.15) is 0 Å². The zero-order valence-electron chi connectivity index (χ0n) is 9.91. The summed E-state index contributed by atoms with van der Waals surface area (Å²) in [6.07, 6.45) is 0.898. The first kappa shape index (κ1) is 14.7. The Bertz CT molecular complexity index is 253. The van der Waals surface area contributed by atoms with E-state index >= 15 is 0 Å². The number of hydrogen-bond donors (Lipinski definition) is 4. The van der Waals surface area contributed by atoms with E-state index in [-0.39, 0.29) is 5.41 Å². The average Bonchev–Trinajstić information content (AvgIpc) is 2.22. The summed E-state index contributed by atoms with van der Waals surface area (Å²) in [5, 5.41) is 22.0. The first-order valence-corrected chi connectivity index (χ1v) is 5.20. The maximum atomic E-state index is 11.3. The molecule has 1 atom stereocenters. The normalized spacial score (nSPS) is 13.0. The molecule has 6 heteroatoms. The molecule has 16 heavy (non-hydrogen) atoms. The Morgan fingerprint density at radius 2 is 1.94 bits per heavy atom. The van der Waals surface area contributed by atoms with Crippen molar-refractivity contribution < 1.29 is 19.8 Å². The van der Waals surface area contributed by atoms with Gasteiger partial charge < -0.3 is 20.8 Å². The van der Waals surface area contributed by atoms with E-state index in [1.807, 2.05) is 20.8 Å². The average molecular weight is 232 g/mol. The molecule has 0 rings (SSSR count). The largest absolute Gasteiger partial charge is 0.480 e. The highest BCUT2D eigenvalue weighted by Crippen LogP contribution is 2.17. The monoisotopic (exact) mass is 232 g/mol. The third-order valence-electron chi connectivity index (χ3n) is 2.47. The molecule has 0 aliphatic rings. The van der Waals surface area contributed by atoms with Crippen LogP contribution in [0.2, 0.25) is 0 Å². The summed E-state index contributed by atoms with van der Waals surface area (Å²) in [5.74, 6) is -1.26. The highest BCUT2D eigenvalue weighted by molar-refractivity contribution is 5.82. The van der Waals surface area contributed by atoms with Gasteiger partial charge in [0.2, 0.25) is 0 Å². The summed E-state index contributed by atoms with van der Waals surface area (Å²) in [6.45, 7) is 5.82. The fourth-order valence-corrected chi connectivity index (χ4v) is 0.839. The van der Waals surface area contributed by atoms with Crippen molar-refractivity contribution in [1.29, 1.82) is 0 Å². The van der Waals surface area contributed by atoms with Gasteiger partial charge in [0.25, 0.3) is 0 Å². The van der Waals surface area contributed by atoms with Crippen LogP contribution < -0.4 is 10.6 Å². The zero-order valence-corrected chi connectivity index (χ0v) is 9.91. The van der Waals surface area contributed by atoms with Crippen molar-refractivity contribution >= 4 is 12.0 Å². The number of carbonyl (C=O) groups is 2. The Balaban J connectivity index is 4.04. The third-order valence-corrected chi connectivity index (χ3v) is 2.47. The fourth-order valence-electron chi connectivity index (χ4n) is 0.839. The molecule has 6 nitrogen and oxygen atoms in total. The molecule has 0 aliphatic carbocycles. The number of aliphatic hydroxyl groups excluding tert-OH is 1. The summed E-state index contributed by atoms with van der Waals surface area (Å²) in [5.41, 5.74) is -0.0325. The lowest BCUT2D eigenvalue weighted by molar-refractivity contribution is -0.140. The maximum Gasteiger partial charge on any atom is 0.328 e. The zero-order chi connectivity index (χ0) is 12.8. The van der Waals surface area contributed by atoms with Crippen molar-refractivity contribution in [3.05, 3.63) is 0 Å². The number of rotatable bonds is 6. The summed E-state index contributed by atoms with van der Waals surface area (Å²) < 4.78 is 0. The number of carboxylic acids is 1. The van der Waals surface area contributed by atoms with E-state index in [1.54, 1.807) is 0 Å². The van der Waals surface area contributed by atoms with Crippen LogP contribution in [0.15, 0.2) is 0 Å². The first-order chi connectivity index (χ1) is 7.32. The minimum Gasteiger partial charge on any atom is -0.480 e. The SMILES string of the molecule is CCC(C)(C)CNC(=O)N[C@H](CO)C(=O)O. The fraction of sp³-hybridized carbons (Fsp3) is 0.800. The van der Waals surface area contributed by atoms with E-state index in [0.717, 1.165) is 6.42 Å². The number of amides is 2. The van der Waals surface area contributed by atoms with Crippen LogP contribution in [0.3, 0.4) is 0 Å². The lowest BCUT2D eigenvalue weighted by Gasteiger charge is -2.23. The van der Waals surface area contributed by atoms with Crippen molar-refractivity contribution in [3.8, 4) is 0 Å². The molecule has 0 saturated heterocycles. The Labute approximate surface area is 95.0 Å². The molecule has 0 radical (unpaired) electrons. The molecule has 0 spiro atoms. The number of carboxylic acid groups (broad SMARTS) is 1. The lowest BCUT2D eigenvalue weighted by atomic mass is 9.90. The highest BCUT2D eigenvalue weighted by atomic mass is 16.4. The van der Waals surface area contributed by atoms with E-state index in [0.29, 0.717) is 6.54 Å². The van der Waals surface area contributed by atoms with Crippen molar-refractivity contribution in [1.82, 2.24) is 10.6 Å². The third kappa shape index (κ3) is 5.55. The highest BCUT2D eigenvalue weighted by Gasteiger charge is 2.20. The molecule has 0 fully saturated rings. The summed E-state index contributed by atoms with van der Waals surface area (Å²) in [6, 6.07) is -1.84. The predicted octanol–water partition coefficient (Wildman–Crippen LogP) is 0.167. The molecule has 0 aliphatic heterocycles. The van der Waals surface area contributed by atoms with Crippen molar-refractivity contribution in [2.45, 2.75) is 33.2 Å². The van der Waals surface area contributed by atoms with Gasteiger partial charge >= 0.3 is 12.0 Å². The molecule has 0 bridgehead atoms. The number of aliphatic carboxylic acids is 1. The number of aliphatic hydroxyl groups is 1. The topological polar surface area (TPSA) is 98.7 Å². The quantitative estimate of drug-likeness (QED) is 0.524. The number of urea groups is 1. The molecular formula is C10H20N2O4. The Kier molecular flexibility index (Phi) is 5.81. The van der Waals surface area contributed by atoms with Crippen LogP contribution in [0.4, 0.5) is 4.79 Å². The first-order valence-electron chi connectivity index (χ1n) is 5.20. The molecule has 0 aromatic heterocycles. The van der Waals surface area contributed by atoms with Gasteiger partial charge in [-0.05, 0) is 11.8 Å². The molecule has 0 aromatic rings. The van der Waals surface area contributed by atoms with Crippen LogP contribution in [0, 0.1) is 5.41 Å². The van der Waals surface area contributed by atoms with Gasteiger partial charge in [0.15, 0.2) is 6.04 Å². The predicted molar refractivity (Wildman–Crippen MR) is 59.1 cm³/mol. The Morgan fingerprint density at radius 3 is 2.31 bits per heavy atom. The van der Waals surface area contributed by atoms with Gasteiger partial charge in [-0.3, -0.25) is 0 Å². The number of carbonyl (C=O) groups excluding carboxylic acids is 1. The molecule has 0 unspecified atom stereocenters. The van der Waals surface area contributed by atoms with Gasteiger partial charge in [-0.15, -0.1) is 0 Å². The molecule has 0 heterocycles. The molecule has 2 amide bonds. The van der Waals surface area contributed by atoms with E-state index in [9.17, 15) is 9.59 Å². The molecule has 4 N–H and O–H groups in total. The van der Waals surface area contributed by atoms with Crippen LogP contribution in [-0.2, 0) is 4.79 Å². The molecular weight excluding hydrogens is 212 g/mol. The second-order valence-corrected chi connectivity index (χ2v) is 4.42. The van der Waals surface area contributed by atoms with E-state index in [4.69, 9.17) is 10.2 Å². The van der Waals surface area contributed by atoms with Crippen LogP contribution in [-0.4, -0.2) is 41.4 Å². The summed E-state index contributed by atoms with van der Waals surface area (Å²) in [4.78, 5) is 21.8. The smallest absolute Gasteiger partial charge is 0.328 e. The molecule has 0 saturated carbocycles. The van der Waals surface area contributed by atoms with Crippen LogP contribution in [0.1, 0.15) is 27.2 Å². The summed E-state index contributed by atoms with van der Waals surface area (Å²) >= 11 is 0. The minimum atomic E-state index is -1.26. The van der Waals surface area contributed by atoms with Gasteiger partial charge in [0.05, 0.1) is 6.61 Å². The van der Waals surface area contributed by atoms with Crippen LogP contribution in [0.25, 0.3) is 0 Å². The van der Waals surface area contributed by atoms with Crippen LogP contribution in [0.5, 0.6) is 0 Å². The molecule has 0 aromatic carbocycles. The van der Waals surface area contributed by atoms with Gasteiger partial charge in [-0.25, -0.2) is 9.59 Å². The van der Waals surface area contributed by atoms with Crippen LogP contribution >= 0.6 is 0 Å². The van der Waals surface area contributed by atoms with Gasteiger partial charge in [0.1, 0.15) is 0 Å². The second kappa shape index (κ2) is 6.32. The number of nitrogens with one attached hydrogen (secondary N) is 2.